The number of ketones is 1. The van der Waals surface area contributed by atoms with Gasteiger partial charge in [0.1, 0.15) is 12.1 Å². The number of nitrogens with one attached hydrogen (secondary N) is 1. The van der Waals surface area contributed by atoms with Crippen LogP contribution in [0.15, 0.2) is 11.5 Å². The van der Waals surface area contributed by atoms with Crippen molar-refractivity contribution in [3.05, 3.63) is 6.33 Å². The highest BCUT2D eigenvalue weighted by Gasteiger charge is 2.08. The topological polar surface area (TPSA) is 58.6 Å². The number of rotatable bonds is 4. The van der Waals surface area contributed by atoms with Crippen LogP contribution in [0, 0.1) is 5.92 Å². The molecule has 0 amide bonds. The maximum Gasteiger partial charge on any atom is 0.183 e. The highest BCUT2D eigenvalue weighted by atomic mass is 32.2. The van der Waals surface area contributed by atoms with Crippen molar-refractivity contribution in [3.63, 3.8) is 0 Å². The van der Waals surface area contributed by atoms with Crippen molar-refractivity contribution in [2.24, 2.45) is 5.92 Å². The molecule has 1 heterocycles. The van der Waals surface area contributed by atoms with E-state index >= 15 is 0 Å². The van der Waals surface area contributed by atoms with Crippen LogP contribution in [-0.2, 0) is 4.79 Å². The summed E-state index contributed by atoms with van der Waals surface area (Å²) >= 11 is 1.38. The molecule has 0 saturated heterocycles. The third-order valence-electron chi connectivity index (χ3n) is 1.39. The summed E-state index contributed by atoms with van der Waals surface area (Å²) in [5.41, 5.74) is 0. The van der Waals surface area contributed by atoms with Crippen molar-refractivity contribution in [1.82, 2.24) is 15.2 Å². The Morgan fingerprint density at radius 3 is 3.00 bits per heavy atom. The molecule has 66 valence electrons. The molecule has 1 N–H and O–H groups in total. The molecule has 0 bridgehead atoms. The van der Waals surface area contributed by atoms with Gasteiger partial charge in [-0.1, -0.05) is 25.6 Å². The Morgan fingerprint density at radius 1 is 1.75 bits per heavy atom. The summed E-state index contributed by atoms with van der Waals surface area (Å²) in [4.78, 5) is 15.0. The first-order valence-electron chi connectivity index (χ1n) is 3.71. The quantitative estimate of drug-likeness (QED) is 0.714. The second-order valence-corrected chi connectivity index (χ2v) is 3.66. The van der Waals surface area contributed by atoms with Crippen LogP contribution in [0.5, 0.6) is 0 Å². The average Bonchev–Trinajstić information content (AvgIpc) is 2.51. The van der Waals surface area contributed by atoms with Crippen LogP contribution in [0.3, 0.4) is 0 Å². The Bertz CT molecular complexity index is 245. The molecule has 4 nitrogen and oxygen atoms in total. The van der Waals surface area contributed by atoms with Crippen molar-refractivity contribution in [3.8, 4) is 0 Å². The summed E-state index contributed by atoms with van der Waals surface area (Å²) < 4.78 is 0. The fourth-order valence-corrected chi connectivity index (χ4v) is 1.42. The van der Waals surface area contributed by atoms with Crippen molar-refractivity contribution in [1.29, 1.82) is 0 Å². The minimum atomic E-state index is 0.0976. The van der Waals surface area contributed by atoms with Crippen molar-refractivity contribution in [2.45, 2.75) is 19.0 Å². The summed E-state index contributed by atoms with van der Waals surface area (Å²) in [6.45, 7) is 3.78. The number of aromatic amines is 1. The molecule has 0 aliphatic heterocycles. The van der Waals surface area contributed by atoms with Crippen molar-refractivity contribution < 1.29 is 4.79 Å². The number of hydrogen-bond donors (Lipinski definition) is 1. The molecular formula is C7H11N3OS. The Balaban J connectivity index is 2.32. The van der Waals surface area contributed by atoms with E-state index in [9.17, 15) is 4.79 Å². The lowest BCUT2D eigenvalue weighted by Crippen LogP contribution is -2.09. The minimum Gasteiger partial charge on any atom is -0.298 e. The molecule has 0 radical (unpaired) electrons. The number of hydrogen-bond acceptors (Lipinski definition) is 4. The van der Waals surface area contributed by atoms with E-state index in [-0.39, 0.29) is 11.7 Å². The number of carbonyl (C=O) groups excluding carboxylic acids is 1. The van der Waals surface area contributed by atoms with Crippen LogP contribution in [0.25, 0.3) is 0 Å². The molecule has 0 spiro atoms. The Hall–Kier alpha value is -0.840. The Labute approximate surface area is 75.2 Å². The lowest BCUT2D eigenvalue weighted by molar-refractivity contribution is -0.119. The van der Waals surface area contributed by atoms with Gasteiger partial charge < -0.3 is 0 Å². The lowest BCUT2D eigenvalue weighted by Gasteiger charge is -2.00. The van der Waals surface area contributed by atoms with E-state index in [2.05, 4.69) is 15.2 Å². The first kappa shape index (κ1) is 9.25. The standard InChI is InChI=1S/C7H11N3OS/c1-5(2)6(11)3-12-7-8-4-9-10-7/h4-5H,3H2,1-2H3,(H,8,9,10). The van der Waals surface area contributed by atoms with E-state index < -0.39 is 0 Å². The van der Waals surface area contributed by atoms with E-state index in [4.69, 9.17) is 0 Å². The first-order valence-corrected chi connectivity index (χ1v) is 4.69. The number of nitrogens with zero attached hydrogens (tertiary/aromatic N) is 2. The summed E-state index contributed by atoms with van der Waals surface area (Å²) in [5, 5.41) is 7.06. The smallest absolute Gasteiger partial charge is 0.183 e. The predicted molar refractivity (Wildman–Crippen MR) is 47.0 cm³/mol. The van der Waals surface area contributed by atoms with Gasteiger partial charge in [-0.15, -0.1) is 0 Å². The normalized spacial score (nSPS) is 10.6. The van der Waals surface area contributed by atoms with Crippen LogP contribution in [0.4, 0.5) is 0 Å². The molecule has 1 aromatic rings. The zero-order chi connectivity index (χ0) is 8.97. The van der Waals surface area contributed by atoms with E-state index in [1.165, 1.54) is 18.1 Å². The largest absolute Gasteiger partial charge is 0.298 e. The summed E-state index contributed by atoms with van der Waals surface area (Å²) in [6.07, 6.45) is 1.43. The number of aromatic nitrogens is 3. The molecule has 1 aromatic heterocycles. The highest BCUT2D eigenvalue weighted by Crippen LogP contribution is 2.12. The third-order valence-corrected chi connectivity index (χ3v) is 2.29. The number of H-pyrrole nitrogens is 1. The molecular weight excluding hydrogens is 174 g/mol. The van der Waals surface area contributed by atoms with Crippen molar-refractivity contribution >= 4 is 17.5 Å². The van der Waals surface area contributed by atoms with Gasteiger partial charge in [-0.3, -0.25) is 9.89 Å². The molecule has 1 rings (SSSR count). The Kier molecular flexibility index (Phi) is 3.28. The van der Waals surface area contributed by atoms with Crippen LogP contribution in [0.1, 0.15) is 13.8 Å². The highest BCUT2D eigenvalue weighted by molar-refractivity contribution is 7.99. The lowest BCUT2D eigenvalue weighted by atomic mass is 10.1. The van der Waals surface area contributed by atoms with Gasteiger partial charge in [0.05, 0.1) is 5.75 Å². The fraction of sp³-hybridized carbons (Fsp3) is 0.571. The number of Topliss-reactive ketones (excluding diaryl/α,β-unsaturated/α-hetero) is 1. The molecule has 0 saturated carbocycles. The van der Waals surface area contributed by atoms with Gasteiger partial charge in [0, 0.05) is 5.92 Å². The summed E-state index contributed by atoms with van der Waals surface area (Å²) in [6, 6.07) is 0. The van der Waals surface area contributed by atoms with Crippen molar-refractivity contribution in [2.75, 3.05) is 5.75 Å². The maximum absolute atomic E-state index is 11.2. The maximum atomic E-state index is 11.2. The SMILES string of the molecule is CC(C)C(=O)CSc1ncn[nH]1. The number of carbonyl (C=O) groups is 1. The molecule has 0 atom stereocenters. The number of thioether (sulfide) groups is 1. The first-order chi connectivity index (χ1) is 5.70. The van der Waals surface area contributed by atoms with Crippen LogP contribution >= 0.6 is 11.8 Å². The average molecular weight is 185 g/mol. The van der Waals surface area contributed by atoms with Crippen LogP contribution < -0.4 is 0 Å². The zero-order valence-corrected chi connectivity index (χ0v) is 7.89. The van der Waals surface area contributed by atoms with Gasteiger partial charge in [-0.05, 0) is 0 Å². The van der Waals surface area contributed by atoms with Gasteiger partial charge >= 0.3 is 0 Å². The van der Waals surface area contributed by atoms with Gasteiger partial charge in [0.25, 0.3) is 0 Å². The van der Waals surface area contributed by atoms with E-state index in [1.807, 2.05) is 13.8 Å². The summed E-state index contributed by atoms with van der Waals surface area (Å²) in [7, 11) is 0. The Morgan fingerprint density at radius 2 is 2.50 bits per heavy atom. The predicted octanol–water partition coefficient (Wildman–Crippen LogP) is 1.12. The second kappa shape index (κ2) is 4.25. The van der Waals surface area contributed by atoms with Crippen LogP contribution in [-0.4, -0.2) is 26.7 Å². The van der Waals surface area contributed by atoms with E-state index in [1.54, 1.807) is 0 Å². The minimum absolute atomic E-state index is 0.0976. The van der Waals surface area contributed by atoms with Crippen LogP contribution in [0.2, 0.25) is 0 Å². The molecule has 0 aliphatic rings. The molecule has 0 fully saturated rings. The van der Waals surface area contributed by atoms with Gasteiger partial charge in [-0.25, -0.2) is 4.98 Å². The summed E-state index contributed by atoms with van der Waals surface area (Å²) in [5.74, 6) is 0.796. The second-order valence-electron chi connectivity index (χ2n) is 2.70. The van der Waals surface area contributed by atoms with E-state index in [0.29, 0.717) is 10.9 Å². The fourth-order valence-electron chi connectivity index (χ4n) is 0.570. The monoisotopic (exact) mass is 185 g/mol. The third kappa shape index (κ3) is 2.65. The zero-order valence-electron chi connectivity index (χ0n) is 7.07. The van der Waals surface area contributed by atoms with Gasteiger partial charge in [0.15, 0.2) is 5.16 Å². The van der Waals surface area contributed by atoms with Gasteiger partial charge in [-0.2, -0.15) is 5.10 Å². The van der Waals surface area contributed by atoms with Gasteiger partial charge in [0.2, 0.25) is 0 Å². The van der Waals surface area contributed by atoms with E-state index in [0.717, 1.165) is 0 Å². The molecule has 12 heavy (non-hydrogen) atoms. The molecule has 5 heteroatoms. The molecule has 0 aromatic carbocycles. The molecule has 0 unspecified atom stereocenters. The molecule has 0 aliphatic carbocycles.